The molecule has 0 aromatic carbocycles. The minimum absolute atomic E-state index is 0.0689. The van der Waals surface area contributed by atoms with Crippen LogP contribution >= 0.6 is 0 Å². The first-order chi connectivity index (χ1) is 7.07. The van der Waals surface area contributed by atoms with Crippen molar-refractivity contribution in [1.29, 1.82) is 0 Å². The van der Waals surface area contributed by atoms with E-state index in [0.717, 1.165) is 32.4 Å². The Balaban J connectivity index is 3.51. The molecule has 0 fully saturated rings. The molecule has 0 saturated heterocycles. The first-order valence-electron chi connectivity index (χ1n) is 6.09. The summed E-state index contributed by atoms with van der Waals surface area (Å²) in [6, 6.07) is -0.0689. The summed E-state index contributed by atoms with van der Waals surface area (Å²) in [6.45, 7) is 10.1. The van der Waals surface area contributed by atoms with Crippen molar-refractivity contribution in [1.82, 2.24) is 10.6 Å². The van der Waals surface area contributed by atoms with Crippen LogP contribution in [0.3, 0.4) is 0 Å². The molecule has 1 amide bonds. The van der Waals surface area contributed by atoms with Gasteiger partial charge in [-0.3, -0.25) is 4.79 Å². The van der Waals surface area contributed by atoms with Crippen LogP contribution in [0.4, 0.5) is 0 Å². The molecule has 3 heteroatoms. The van der Waals surface area contributed by atoms with Gasteiger partial charge in [0, 0.05) is 6.54 Å². The first kappa shape index (κ1) is 14.4. The molecule has 0 aliphatic heterocycles. The fourth-order valence-corrected chi connectivity index (χ4v) is 1.22. The maximum absolute atomic E-state index is 11.5. The molecular weight excluding hydrogens is 188 g/mol. The van der Waals surface area contributed by atoms with Crippen molar-refractivity contribution in [3.05, 3.63) is 0 Å². The van der Waals surface area contributed by atoms with Gasteiger partial charge in [-0.1, -0.05) is 27.2 Å². The second kappa shape index (κ2) is 8.72. The topological polar surface area (TPSA) is 41.1 Å². The quantitative estimate of drug-likeness (QED) is 0.606. The zero-order chi connectivity index (χ0) is 11.7. The zero-order valence-corrected chi connectivity index (χ0v) is 10.6. The van der Waals surface area contributed by atoms with Crippen molar-refractivity contribution < 1.29 is 4.79 Å². The fourth-order valence-electron chi connectivity index (χ4n) is 1.22. The van der Waals surface area contributed by atoms with Crippen molar-refractivity contribution >= 4 is 5.91 Å². The third-order valence-electron chi connectivity index (χ3n) is 2.40. The molecule has 90 valence electrons. The highest BCUT2D eigenvalue weighted by Crippen LogP contribution is 1.97. The molecule has 0 saturated carbocycles. The first-order valence-corrected chi connectivity index (χ1v) is 6.09. The lowest BCUT2D eigenvalue weighted by Crippen LogP contribution is -2.42. The van der Waals surface area contributed by atoms with E-state index >= 15 is 0 Å². The van der Waals surface area contributed by atoms with Gasteiger partial charge in [-0.05, 0) is 32.2 Å². The Kier molecular flexibility index (Phi) is 8.38. The van der Waals surface area contributed by atoms with Crippen molar-refractivity contribution in [3.8, 4) is 0 Å². The number of hydrogen-bond donors (Lipinski definition) is 2. The Morgan fingerprint density at radius 3 is 2.40 bits per heavy atom. The third kappa shape index (κ3) is 8.43. The number of hydrogen-bond acceptors (Lipinski definition) is 2. The smallest absolute Gasteiger partial charge is 0.236 e. The van der Waals surface area contributed by atoms with Crippen LogP contribution in [0.25, 0.3) is 0 Å². The van der Waals surface area contributed by atoms with E-state index in [2.05, 4.69) is 31.4 Å². The molecular formula is C12H26N2O. The van der Waals surface area contributed by atoms with E-state index < -0.39 is 0 Å². The van der Waals surface area contributed by atoms with Crippen LogP contribution in [0, 0.1) is 5.92 Å². The van der Waals surface area contributed by atoms with Gasteiger partial charge in [0.15, 0.2) is 0 Å². The number of nitrogens with one attached hydrogen (secondary N) is 2. The summed E-state index contributed by atoms with van der Waals surface area (Å²) in [5.74, 6) is 0.806. The summed E-state index contributed by atoms with van der Waals surface area (Å²) in [5, 5.41) is 6.15. The Hall–Kier alpha value is -0.570. The maximum atomic E-state index is 11.5. The highest BCUT2D eigenvalue weighted by molar-refractivity contribution is 5.81. The van der Waals surface area contributed by atoms with Gasteiger partial charge < -0.3 is 10.6 Å². The predicted molar refractivity (Wildman–Crippen MR) is 64.8 cm³/mol. The van der Waals surface area contributed by atoms with Gasteiger partial charge in [-0.15, -0.1) is 0 Å². The lowest BCUT2D eigenvalue weighted by Gasteiger charge is -2.14. The molecule has 0 aliphatic rings. The van der Waals surface area contributed by atoms with Crippen molar-refractivity contribution in [2.24, 2.45) is 5.92 Å². The Morgan fingerprint density at radius 2 is 1.87 bits per heavy atom. The predicted octanol–water partition coefficient (Wildman–Crippen LogP) is 1.93. The standard InChI is InChI=1S/C12H26N2O/c1-5-6-8-14-12(15)11(4)13-9-7-10(2)3/h10-11,13H,5-9H2,1-4H3,(H,14,15). The second-order valence-electron chi connectivity index (χ2n) is 4.50. The van der Waals surface area contributed by atoms with E-state index in [1.54, 1.807) is 0 Å². The van der Waals surface area contributed by atoms with Gasteiger partial charge in [-0.2, -0.15) is 0 Å². The molecule has 0 spiro atoms. The molecule has 0 aliphatic carbocycles. The van der Waals surface area contributed by atoms with Crippen LogP contribution in [0.2, 0.25) is 0 Å². The number of rotatable bonds is 8. The van der Waals surface area contributed by atoms with E-state index in [1.165, 1.54) is 0 Å². The number of amides is 1. The fraction of sp³-hybridized carbons (Fsp3) is 0.917. The second-order valence-corrected chi connectivity index (χ2v) is 4.50. The van der Waals surface area contributed by atoms with Gasteiger partial charge in [0.05, 0.1) is 6.04 Å². The van der Waals surface area contributed by atoms with Gasteiger partial charge in [-0.25, -0.2) is 0 Å². The molecule has 15 heavy (non-hydrogen) atoms. The van der Waals surface area contributed by atoms with Crippen LogP contribution in [-0.4, -0.2) is 25.0 Å². The minimum Gasteiger partial charge on any atom is -0.355 e. The van der Waals surface area contributed by atoms with E-state index in [-0.39, 0.29) is 11.9 Å². The maximum Gasteiger partial charge on any atom is 0.236 e. The highest BCUT2D eigenvalue weighted by atomic mass is 16.2. The molecule has 0 heterocycles. The van der Waals surface area contributed by atoms with Crippen molar-refractivity contribution in [2.45, 2.75) is 53.0 Å². The normalized spacial score (nSPS) is 12.9. The van der Waals surface area contributed by atoms with E-state index in [9.17, 15) is 4.79 Å². The molecule has 2 N–H and O–H groups in total. The van der Waals surface area contributed by atoms with Crippen LogP contribution < -0.4 is 10.6 Å². The average Bonchev–Trinajstić information content (AvgIpc) is 2.17. The molecule has 1 unspecified atom stereocenters. The van der Waals surface area contributed by atoms with Crippen molar-refractivity contribution in [2.75, 3.05) is 13.1 Å². The highest BCUT2D eigenvalue weighted by Gasteiger charge is 2.10. The average molecular weight is 214 g/mol. The monoisotopic (exact) mass is 214 g/mol. The van der Waals surface area contributed by atoms with Crippen LogP contribution in [0.5, 0.6) is 0 Å². The zero-order valence-electron chi connectivity index (χ0n) is 10.6. The Labute approximate surface area is 94.0 Å². The summed E-state index contributed by atoms with van der Waals surface area (Å²) in [5.41, 5.74) is 0. The van der Waals surface area contributed by atoms with Crippen LogP contribution in [-0.2, 0) is 4.79 Å². The molecule has 0 bridgehead atoms. The lowest BCUT2D eigenvalue weighted by molar-refractivity contribution is -0.122. The number of carbonyl (C=O) groups is 1. The van der Waals surface area contributed by atoms with Crippen LogP contribution in [0.15, 0.2) is 0 Å². The molecule has 0 rings (SSSR count). The Bertz CT molecular complexity index is 169. The number of carbonyl (C=O) groups excluding carboxylic acids is 1. The molecule has 0 radical (unpaired) electrons. The largest absolute Gasteiger partial charge is 0.355 e. The van der Waals surface area contributed by atoms with Gasteiger partial charge in [0.1, 0.15) is 0 Å². The lowest BCUT2D eigenvalue weighted by atomic mass is 10.1. The minimum atomic E-state index is -0.0689. The summed E-state index contributed by atoms with van der Waals surface area (Å²) >= 11 is 0. The molecule has 1 atom stereocenters. The van der Waals surface area contributed by atoms with E-state index in [1.807, 2.05) is 6.92 Å². The van der Waals surface area contributed by atoms with Crippen molar-refractivity contribution in [3.63, 3.8) is 0 Å². The number of unbranched alkanes of at least 4 members (excludes halogenated alkanes) is 1. The van der Waals surface area contributed by atoms with Gasteiger partial charge in [0.2, 0.25) is 5.91 Å². The van der Waals surface area contributed by atoms with Gasteiger partial charge in [0.25, 0.3) is 0 Å². The van der Waals surface area contributed by atoms with Gasteiger partial charge >= 0.3 is 0 Å². The third-order valence-corrected chi connectivity index (χ3v) is 2.40. The summed E-state index contributed by atoms with van der Waals surface area (Å²) in [7, 11) is 0. The molecule has 0 aromatic heterocycles. The van der Waals surface area contributed by atoms with E-state index in [0.29, 0.717) is 5.92 Å². The summed E-state index contributed by atoms with van der Waals surface area (Å²) < 4.78 is 0. The summed E-state index contributed by atoms with van der Waals surface area (Å²) in [6.07, 6.45) is 3.30. The molecule has 0 aromatic rings. The Morgan fingerprint density at radius 1 is 1.20 bits per heavy atom. The van der Waals surface area contributed by atoms with E-state index in [4.69, 9.17) is 0 Å². The SMILES string of the molecule is CCCCNC(=O)C(C)NCCC(C)C. The van der Waals surface area contributed by atoms with Crippen LogP contribution in [0.1, 0.15) is 47.0 Å². The molecule has 3 nitrogen and oxygen atoms in total. The summed E-state index contributed by atoms with van der Waals surface area (Å²) in [4.78, 5) is 11.5.